The molecule has 0 unspecified atom stereocenters. The van der Waals surface area contributed by atoms with E-state index in [9.17, 15) is 9.59 Å². The molecule has 2 N–H and O–H groups in total. The van der Waals surface area contributed by atoms with Crippen molar-refractivity contribution < 1.29 is 9.59 Å². The van der Waals surface area contributed by atoms with E-state index in [2.05, 4.69) is 17.2 Å². The molecule has 0 bridgehead atoms. The van der Waals surface area contributed by atoms with Gasteiger partial charge in [-0.25, -0.2) is 0 Å². The molecule has 1 aliphatic rings. The lowest BCUT2D eigenvalue weighted by molar-refractivity contribution is -0.116. The fourth-order valence-electron chi connectivity index (χ4n) is 4.07. The number of aromatic amines is 1. The highest BCUT2D eigenvalue weighted by Crippen LogP contribution is 2.32. The standard InChI is InChI=1S/C24H27N3O2/c1-15-4-8-18(9-5-15)25-23(28)14-27(3)24(29)17-7-11-22-20(13-17)19-12-16(2)6-10-21(19)26-22/h4-5,7-9,11,13,16,26H,6,10,12,14H2,1-3H3,(H,25,28)/t16-/m1/s1. The fourth-order valence-corrected chi connectivity index (χ4v) is 4.07. The summed E-state index contributed by atoms with van der Waals surface area (Å²) in [5, 5.41) is 3.97. The minimum Gasteiger partial charge on any atom is -0.358 e. The Bertz CT molecular complexity index is 1070. The zero-order valence-electron chi connectivity index (χ0n) is 17.2. The van der Waals surface area contributed by atoms with Gasteiger partial charge in [0, 0.05) is 34.9 Å². The Labute approximate surface area is 171 Å². The van der Waals surface area contributed by atoms with Gasteiger partial charge < -0.3 is 15.2 Å². The number of anilines is 1. The van der Waals surface area contributed by atoms with Crippen LogP contribution in [0.4, 0.5) is 5.69 Å². The largest absolute Gasteiger partial charge is 0.358 e. The number of aromatic nitrogens is 1. The molecule has 0 saturated carbocycles. The third-order valence-electron chi connectivity index (χ3n) is 5.74. The van der Waals surface area contributed by atoms with Gasteiger partial charge in [-0.3, -0.25) is 9.59 Å². The fraction of sp³-hybridized carbons (Fsp3) is 0.333. The monoisotopic (exact) mass is 389 g/mol. The highest BCUT2D eigenvalue weighted by molar-refractivity contribution is 6.01. The van der Waals surface area contributed by atoms with Gasteiger partial charge in [-0.1, -0.05) is 24.6 Å². The van der Waals surface area contributed by atoms with Gasteiger partial charge in [0.25, 0.3) is 5.91 Å². The van der Waals surface area contributed by atoms with Gasteiger partial charge in [0.1, 0.15) is 0 Å². The van der Waals surface area contributed by atoms with Crippen molar-refractivity contribution in [2.24, 2.45) is 5.92 Å². The van der Waals surface area contributed by atoms with Crippen LogP contribution in [-0.4, -0.2) is 35.3 Å². The van der Waals surface area contributed by atoms with Gasteiger partial charge in [0.05, 0.1) is 6.54 Å². The molecule has 0 saturated heterocycles. The third kappa shape index (κ3) is 4.04. The summed E-state index contributed by atoms with van der Waals surface area (Å²) in [5.41, 5.74) is 6.20. The summed E-state index contributed by atoms with van der Waals surface area (Å²) >= 11 is 0. The molecule has 5 nitrogen and oxygen atoms in total. The highest BCUT2D eigenvalue weighted by Gasteiger charge is 2.21. The van der Waals surface area contributed by atoms with Crippen molar-refractivity contribution in [2.45, 2.75) is 33.1 Å². The van der Waals surface area contributed by atoms with Crippen LogP contribution in [0.1, 0.15) is 40.5 Å². The van der Waals surface area contributed by atoms with Crippen LogP contribution in [0.2, 0.25) is 0 Å². The van der Waals surface area contributed by atoms with Gasteiger partial charge in [-0.2, -0.15) is 0 Å². The number of rotatable bonds is 4. The molecule has 5 heteroatoms. The molecule has 1 heterocycles. The van der Waals surface area contributed by atoms with Crippen molar-refractivity contribution >= 4 is 28.4 Å². The van der Waals surface area contributed by atoms with Crippen LogP contribution in [0.15, 0.2) is 42.5 Å². The molecule has 3 aromatic rings. The van der Waals surface area contributed by atoms with Gasteiger partial charge in [-0.15, -0.1) is 0 Å². The first-order chi connectivity index (χ1) is 13.9. The van der Waals surface area contributed by atoms with Crippen molar-refractivity contribution in [1.82, 2.24) is 9.88 Å². The molecular formula is C24H27N3O2. The summed E-state index contributed by atoms with van der Waals surface area (Å²) in [7, 11) is 1.66. The molecule has 150 valence electrons. The van der Waals surface area contributed by atoms with Crippen molar-refractivity contribution in [2.75, 3.05) is 18.9 Å². The minimum atomic E-state index is -0.210. The molecule has 1 aliphatic carbocycles. The first-order valence-electron chi connectivity index (χ1n) is 10.2. The number of H-pyrrole nitrogens is 1. The topological polar surface area (TPSA) is 65.2 Å². The first kappa shape index (κ1) is 19.2. The van der Waals surface area contributed by atoms with Crippen molar-refractivity contribution in [1.29, 1.82) is 0 Å². The van der Waals surface area contributed by atoms with E-state index in [1.807, 2.05) is 49.4 Å². The van der Waals surface area contributed by atoms with Crippen LogP contribution >= 0.6 is 0 Å². The summed E-state index contributed by atoms with van der Waals surface area (Å²) in [6, 6.07) is 13.4. The van der Waals surface area contributed by atoms with E-state index in [4.69, 9.17) is 0 Å². The molecule has 1 atom stereocenters. The minimum absolute atomic E-state index is 0.00697. The number of hydrogen-bond donors (Lipinski definition) is 2. The lowest BCUT2D eigenvalue weighted by Gasteiger charge is -2.19. The van der Waals surface area contributed by atoms with Crippen LogP contribution < -0.4 is 5.32 Å². The summed E-state index contributed by atoms with van der Waals surface area (Å²) in [4.78, 5) is 30.2. The van der Waals surface area contributed by atoms with E-state index in [1.165, 1.54) is 22.6 Å². The number of amides is 2. The Balaban J connectivity index is 1.48. The summed E-state index contributed by atoms with van der Waals surface area (Å²) < 4.78 is 0. The number of carbonyl (C=O) groups is 2. The van der Waals surface area contributed by atoms with Crippen LogP contribution in [0.5, 0.6) is 0 Å². The first-order valence-corrected chi connectivity index (χ1v) is 10.2. The lowest BCUT2D eigenvalue weighted by atomic mass is 9.87. The van der Waals surface area contributed by atoms with Crippen molar-refractivity contribution in [3.8, 4) is 0 Å². The molecule has 4 rings (SSSR count). The zero-order valence-corrected chi connectivity index (χ0v) is 17.2. The Hall–Kier alpha value is -3.08. The maximum atomic E-state index is 12.9. The maximum Gasteiger partial charge on any atom is 0.254 e. The Kier molecular flexibility index (Phi) is 5.14. The molecule has 29 heavy (non-hydrogen) atoms. The van der Waals surface area contributed by atoms with E-state index >= 15 is 0 Å². The third-order valence-corrected chi connectivity index (χ3v) is 5.74. The quantitative estimate of drug-likeness (QED) is 0.698. The lowest BCUT2D eigenvalue weighted by Crippen LogP contribution is -2.34. The average molecular weight is 389 g/mol. The predicted molar refractivity (Wildman–Crippen MR) is 116 cm³/mol. The number of fused-ring (bicyclic) bond motifs is 3. The van der Waals surface area contributed by atoms with Crippen LogP contribution in [0.25, 0.3) is 10.9 Å². The van der Waals surface area contributed by atoms with E-state index in [-0.39, 0.29) is 18.4 Å². The Morgan fingerprint density at radius 3 is 2.69 bits per heavy atom. The number of likely N-dealkylation sites (N-methyl/N-ethyl adjacent to an activating group) is 1. The Morgan fingerprint density at radius 2 is 1.93 bits per heavy atom. The molecule has 2 amide bonds. The Morgan fingerprint density at radius 1 is 1.17 bits per heavy atom. The van der Waals surface area contributed by atoms with Crippen molar-refractivity contribution in [3.63, 3.8) is 0 Å². The van der Waals surface area contributed by atoms with Crippen molar-refractivity contribution in [3.05, 3.63) is 64.8 Å². The molecule has 0 aliphatic heterocycles. The van der Waals surface area contributed by atoms with Crippen LogP contribution in [0, 0.1) is 12.8 Å². The number of hydrogen-bond acceptors (Lipinski definition) is 2. The molecule has 1 aromatic heterocycles. The summed E-state index contributed by atoms with van der Waals surface area (Å²) in [6.45, 7) is 4.28. The van der Waals surface area contributed by atoms with Crippen LogP contribution in [-0.2, 0) is 17.6 Å². The number of aryl methyl sites for hydroxylation is 2. The van der Waals surface area contributed by atoms with Gasteiger partial charge >= 0.3 is 0 Å². The van der Waals surface area contributed by atoms with E-state index in [1.54, 1.807) is 7.05 Å². The van der Waals surface area contributed by atoms with Gasteiger partial charge in [0.2, 0.25) is 5.91 Å². The summed E-state index contributed by atoms with van der Waals surface area (Å²) in [5.74, 6) is 0.303. The second-order valence-corrected chi connectivity index (χ2v) is 8.27. The smallest absolute Gasteiger partial charge is 0.254 e. The average Bonchev–Trinajstić information content (AvgIpc) is 3.06. The normalized spacial score (nSPS) is 15.8. The highest BCUT2D eigenvalue weighted by atomic mass is 16.2. The maximum absolute atomic E-state index is 12.9. The molecule has 0 spiro atoms. The predicted octanol–water partition coefficient (Wildman–Crippen LogP) is 4.31. The SMILES string of the molecule is Cc1ccc(NC(=O)CN(C)C(=O)c2ccc3[nH]c4c(c3c2)C[C@H](C)CC4)cc1. The van der Waals surface area contributed by atoms with Gasteiger partial charge in [-0.05, 0) is 68.0 Å². The molecular weight excluding hydrogens is 362 g/mol. The number of benzene rings is 2. The van der Waals surface area contributed by atoms with E-state index < -0.39 is 0 Å². The van der Waals surface area contributed by atoms with E-state index in [0.29, 0.717) is 11.5 Å². The van der Waals surface area contributed by atoms with Crippen LogP contribution in [0.3, 0.4) is 0 Å². The number of nitrogens with zero attached hydrogens (tertiary/aromatic N) is 1. The van der Waals surface area contributed by atoms with E-state index in [0.717, 1.165) is 35.0 Å². The zero-order chi connectivity index (χ0) is 20.5. The molecule has 2 aromatic carbocycles. The summed E-state index contributed by atoms with van der Waals surface area (Å²) in [6.07, 6.45) is 3.31. The molecule has 0 radical (unpaired) electrons. The second kappa shape index (κ2) is 7.74. The number of carbonyl (C=O) groups excluding carboxylic acids is 2. The van der Waals surface area contributed by atoms with Gasteiger partial charge in [0.15, 0.2) is 0 Å². The second-order valence-electron chi connectivity index (χ2n) is 8.27. The number of nitrogens with one attached hydrogen (secondary N) is 2. The molecule has 0 fully saturated rings.